The topological polar surface area (TPSA) is 29.9 Å². The molecule has 1 aromatic heterocycles. The standard InChI is InChI=1S/C14H17BrFN3/c1-4-19-13(14(15)10(3)18-19)8-17-12-7-9(2)5-6-11(12)16/h5-7,17H,4,8H2,1-3H3. The molecule has 0 unspecified atom stereocenters. The zero-order valence-electron chi connectivity index (χ0n) is 11.3. The van der Waals surface area contributed by atoms with Gasteiger partial charge in [-0.05, 0) is 54.4 Å². The molecular formula is C14H17BrFN3. The van der Waals surface area contributed by atoms with E-state index in [9.17, 15) is 4.39 Å². The van der Waals surface area contributed by atoms with Gasteiger partial charge in [-0.2, -0.15) is 5.10 Å². The molecule has 3 nitrogen and oxygen atoms in total. The smallest absolute Gasteiger partial charge is 0.146 e. The number of rotatable bonds is 4. The maximum atomic E-state index is 13.7. The minimum Gasteiger partial charge on any atom is -0.377 e. The second-order valence-corrected chi connectivity index (χ2v) is 5.29. The molecule has 0 aliphatic heterocycles. The third-order valence-corrected chi connectivity index (χ3v) is 4.05. The maximum absolute atomic E-state index is 13.7. The molecule has 1 N–H and O–H groups in total. The molecule has 2 rings (SSSR count). The molecule has 0 amide bonds. The summed E-state index contributed by atoms with van der Waals surface area (Å²) in [7, 11) is 0. The van der Waals surface area contributed by atoms with Crippen LogP contribution in [0.25, 0.3) is 0 Å². The Morgan fingerprint density at radius 1 is 1.37 bits per heavy atom. The van der Waals surface area contributed by atoms with Crippen LogP contribution in [0.1, 0.15) is 23.9 Å². The summed E-state index contributed by atoms with van der Waals surface area (Å²) in [6.07, 6.45) is 0. The predicted octanol–water partition coefficient (Wildman–Crippen LogP) is 4.03. The van der Waals surface area contributed by atoms with Crippen molar-refractivity contribution < 1.29 is 4.39 Å². The number of aromatic nitrogens is 2. The van der Waals surface area contributed by atoms with Crippen molar-refractivity contribution in [3.63, 3.8) is 0 Å². The van der Waals surface area contributed by atoms with Gasteiger partial charge in [0.25, 0.3) is 0 Å². The Morgan fingerprint density at radius 3 is 2.79 bits per heavy atom. The van der Waals surface area contributed by atoms with Gasteiger partial charge in [0, 0.05) is 6.54 Å². The molecule has 1 aromatic carbocycles. The zero-order valence-corrected chi connectivity index (χ0v) is 12.9. The highest BCUT2D eigenvalue weighted by Crippen LogP contribution is 2.23. The van der Waals surface area contributed by atoms with Gasteiger partial charge in [-0.1, -0.05) is 6.07 Å². The van der Waals surface area contributed by atoms with E-state index in [4.69, 9.17) is 0 Å². The number of benzene rings is 1. The highest BCUT2D eigenvalue weighted by molar-refractivity contribution is 9.10. The predicted molar refractivity (Wildman–Crippen MR) is 78.8 cm³/mol. The quantitative estimate of drug-likeness (QED) is 0.919. The van der Waals surface area contributed by atoms with Crippen molar-refractivity contribution in [3.8, 4) is 0 Å². The molecule has 1 heterocycles. The molecule has 5 heteroatoms. The summed E-state index contributed by atoms with van der Waals surface area (Å²) in [5.41, 5.74) is 3.53. The van der Waals surface area contributed by atoms with Crippen molar-refractivity contribution in [1.82, 2.24) is 9.78 Å². The van der Waals surface area contributed by atoms with Crippen molar-refractivity contribution >= 4 is 21.6 Å². The molecule has 19 heavy (non-hydrogen) atoms. The monoisotopic (exact) mass is 325 g/mol. The summed E-state index contributed by atoms with van der Waals surface area (Å²) in [6.45, 7) is 7.26. The van der Waals surface area contributed by atoms with Crippen molar-refractivity contribution in [2.24, 2.45) is 0 Å². The van der Waals surface area contributed by atoms with Gasteiger partial charge < -0.3 is 5.32 Å². The number of hydrogen-bond donors (Lipinski definition) is 1. The summed E-state index contributed by atoms with van der Waals surface area (Å²) >= 11 is 3.53. The fourth-order valence-electron chi connectivity index (χ4n) is 1.99. The van der Waals surface area contributed by atoms with Crippen LogP contribution in [0.5, 0.6) is 0 Å². The van der Waals surface area contributed by atoms with E-state index in [1.54, 1.807) is 6.07 Å². The fourth-order valence-corrected chi connectivity index (χ4v) is 2.42. The number of nitrogens with one attached hydrogen (secondary N) is 1. The third kappa shape index (κ3) is 2.97. The highest BCUT2D eigenvalue weighted by Gasteiger charge is 2.12. The molecule has 0 spiro atoms. The Bertz CT molecular complexity index is 593. The molecule has 0 aliphatic rings. The molecule has 0 atom stereocenters. The van der Waals surface area contributed by atoms with Gasteiger partial charge in [0.2, 0.25) is 0 Å². The van der Waals surface area contributed by atoms with Crippen LogP contribution in [0.15, 0.2) is 22.7 Å². The summed E-state index contributed by atoms with van der Waals surface area (Å²) in [5, 5.41) is 7.55. The molecule has 0 aliphatic carbocycles. The Morgan fingerprint density at radius 2 is 2.11 bits per heavy atom. The molecule has 0 bridgehead atoms. The Balaban J connectivity index is 2.21. The van der Waals surface area contributed by atoms with Crippen LogP contribution in [0.2, 0.25) is 0 Å². The summed E-state index contributed by atoms with van der Waals surface area (Å²) < 4.78 is 16.6. The molecule has 0 fully saturated rings. The average Bonchev–Trinajstić information content (AvgIpc) is 2.66. The zero-order chi connectivity index (χ0) is 14.0. The van der Waals surface area contributed by atoms with Crippen molar-refractivity contribution in [3.05, 3.63) is 45.4 Å². The molecule has 102 valence electrons. The Kier molecular flexibility index (Phi) is 4.24. The van der Waals surface area contributed by atoms with E-state index in [0.29, 0.717) is 12.2 Å². The molecular weight excluding hydrogens is 309 g/mol. The van der Waals surface area contributed by atoms with E-state index < -0.39 is 0 Å². The number of aryl methyl sites for hydroxylation is 3. The lowest BCUT2D eigenvalue weighted by Gasteiger charge is -2.10. The Labute approximate surface area is 121 Å². The van der Waals surface area contributed by atoms with Crippen LogP contribution >= 0.6 is 15.9 Å². The first-order chi connectivity index (χ1) is 9.02. The Hall–Kier alpha value is -1.36. The molecule has 0 saturated heterocycles. The summed E-state index contributed by atoms with van der Waals surface area (Å²) in [5.74, 6) is -0.235. The van der Waals surface area contributed by atoms with Crippen molar-refractivity contribution in [2.75, 3.05) is 5.32 Å². The number of hydrogen-bond acceptors (Lipinski definition) is 2. The third-order valence-electron chi connectivity index (χ3n) is 3.02. The lowest BCUT2D eigenvalue weighted by molar-refractivity contribution is 0.615. The summed E-state index contributed by atoms with van der Waals surface area (Å²) in [4.78, 5) is 0. The first-order valence-electron chi connectivity index (χ1n) is 6.24. The maximum Gasteiger partial charge on any atom is 0.146 e. The van der Waals surface area contributed by atoms with Crippen molar-refractivity contribution in [1.29, 1.82) is 0 Å². The van der Waals surface area contributed by atoms with Crippen LogP contribution in [-0.4, -0.2) is 9.78 Å². The second-order valence-electron chi connectivity index (χ2n) is 4.50. The number of halogens is 2. The van der Waals surface area contributed by atoms with E-state index in [2.05, 4.69) is 26.3 Å². The first-order valence-corrected chi connectivity index (χ1v) is 7.04. The van der Waals surface area contributed by atoms with E-state index in [1.807, 2.05) is 31.5 Å². The van der Waals surface area contributed by atoms with Gasteiger partial charge in [-0.3, -0.25) is 4.68 Å². The summed E-state index contributed by atoms with van der Waals surface area (Å²) in [6, 6.07) is 5.05. The van der Waals surface area contributed by atoms with Gasteiger partial charge in [0.15, 0.2) is 0 Å². The normalized spacial score (nSPS) is 10.8. The molecule has 2 aromatic rings. The van der Waals surface area contributed by atoms with E-state index in [1.165, 1.54) is 6.07 Å². The average molecular weight is 326 g/mol. The van der Waals surface area contributed by atoms with Gasteiger partial charge in [0.05, 0.1) is 28.1 Å². The van der Waals surface area contributed by atoms with Gasteiger partial charge >= 0.3 is 0 Å². The SMILES string of the molecule is CCn1nc(C)c(Br)c1CNc1cc(C)ccc1F. The molecule has 0 saturated carbocycles. The lowest BCUT2D eigenvalue weighted by atomic mass is 10.2. The molecule has 0 radical (unpaired) electrons. The van der Waals surface area contributed by atoms with E-state index in [0.717, 1.165) is 28.0 Å². The lowest BCUT2D eigenvalue weighted by Crippen LogP contribution is -2.09. The van der Waals surface area contributed by atoms with Crippen LogP contribution in [0.3, 0.4) is 0 Å². The number of anilines is 1. The van der Waals surface area contributed by atoms with Crippen LogP contribution < -0.4 is 5.32 Å². The van der Waals surface area contributed by atoms with Crippen LogP contribution in [0, 0.1) is 19.7 Å². The fraction of sp³-hybridized carbons (Fsp3) is 0.357. The largest absolute Gasteiger partial charge is 0.377 e. The first kappa shape index (κ1) is 14.1. The van der Waals surface area contributed by atoms with Crippen molar-refractivity contribution in [2.45, 2.75) is 33.9 Å². The minimum atomic E-state index is -0.235. The van der Waals surface area contributed by atoms with E-state index in [-0.39, 0.29) is 5.82 Å². The highest BCUT2D eigenvalue weighted by atomic mass is 79.9. The van der Waals surface area contributed by atoms with Gasteiger partial charge in [-0.25, -0.2) is 4.39 Å². The van der Waals surface area contributed by atoms with E-state index >= 15 is 0 Å². The van der Waals surface area contributed by atoms with Crippen LogP contribution in [-0.2, 0) is 13.1 Å². The van der Waals surface area contributed by atoms with Crippen LogP contribution in [0.4, 0.5) is 10.1 Å². The van der Waals surface area contributed by atoms with Gasteiger partial charge in [0.1, 0.15) is 5.82 Å². The van der Waals surface area contributed by atoms with Gasteiger partial charge in [-0.15, -0.1) is 0 Å². The second kappa shape index (κ2) is 5.74. The minimum absolute atomic E-state index is 0.235. The number of nitrogens with zero attached hydrogens (tertiary/aromatic N) is 2.